The second-order valence-electron chi connectivity index (χ2n) is 11.9. The van der Waals surface area contributed by atoms with E-state index in [0.717, 1.165) is 60.9 Å². The van der Waals surface area contributed by atoms with E-state index < -0.39 is 0 Å². The van der Waals surface area contributed by atoms with Crippen molar-refractivity contribution in [2.24, 2.45) is 0 Å². The summed E-state index contributed by atoms with van der Waals surface area (Å²) in [5.74, 6) is 0. The SMILES string of the molecule is N#Cc1ccc2c(c1)c1ccccc1n2-c1cccc(-c2cccc(-n3c4cccnc4c4c5c(ccc43)sc3ccccc35)c2)c1. The van der Waals surface area contributed by atoms with Crippen LogP contribution in [0.15, 0.2) is 146 Å². The number of nitrogens with zero attached hydrogens (tertiary/aromatic N) is 4. The van der Waals surface area contributed by atoms with E-state index in [2.05, 4.69) is 137 Å². The second kappa shape index (κ2) is 9.89. The Kier molecular flexibility index (Phi) is 5.48. The Morgan fingerprint density at radius 2 is 1.19 bits per heavy atom. The van der Waals surface area contributed by atoms with Gasteiger partial charge in [-0.2, -0.15) is 5.26 Å². The van der Waals surface area contributed by atoms with Gasteiger partial charge in [0.2, 0.25) is 0 Å². The van der Waals surface area contributed by atoms with Crippen molar-refractivity contribution in [1.29, 1.82) is 5.26 Å². The molecule has 5 heteroatoms. The van der Waals surface area contributed by atoms with Crippen LogP contribution in [-0.2, 0) is 0 Å². The monoisotopic (exact) mass is 616 g/mol. The van der Waals surface area contributed by atoms with E-state index in [1.807, 2.05) is 35.7 Å². The minimum absolute atomic E-state index is 0.666. The summed E-state index contributed by atoms with van der Waals surface area (Å²) in [5, 5.41) is 15.6. The lowest BCUT2D eigenvalue weighted by atomic mass is 10.0. The highest BCUT2D eigenvalue weighted by Crippen LogP contribution is 2.43. The number of nitriles is 1. The van der Waals surface area contributed by atoms with Crippen molar-refractivity contribution in [2.45, 2.75) is 0 Å². The normalized spacial score (nSPS) is 11.8. The molecule has 10 aromatic rings. The predicted molar refractivity (Wildman–Crippen MR) is 196 cm³/mol. The third kappa shape index (κ3) is 3.77. The molecule has 0 fully saturated rings. The zero-order chi connectivity index (χ0) is 31.1. The fraction of sp³-hybridized carbons (Fsp3) is 0. The van der Waals surface area contributed by atoms with Gasteiger partial charge in [-0.05, 0) is 90.0 Å². The van der Waals surface area contributed by atoms with Gasteiger partial charge in [0.05, 0.1) is 39.2 Å². The van der Waals surface area contributed by atoms with E-state index in [4.69, 9.17) is 4.98 Å². The van der Waals surface area contributed by atoms with Gasteiger partial charge in [-0.25, -0.2) is 0 Å². The Labute approximate surface area is 273 Å². The van der Waals surface area contributed by atoms with Gasteiger partial charge in [-0.15, -0.1) is 11.3 Å². The fourth-order valence-corrected chi connectivity index (χ4v) is 8.49. The van der Waals surface area contributed by atoms with E-state index >= 15 is 0 Å². The first-order valence-electron chi connectivity index (χ1n) is 15.6. The molecular weight excluding hydrogens is 593 g/mol. The Morgan fingerprint density at radius 3 is 2.00 bits per heavy atom. The van der Waals surface area contributed by atoms with E-state index in [0.29, 0.717) is 5.56 Å². The number of rotatable bonds is 3. The first-order valence-corrected chi connectivity index (χ1v) is 16.4. The highest BCUT2D eigenvalue weighted by atomic mass is 32.1. The van der Waals surface area contributed by atoms with Crippen LogP contribution in [0.3, 0.4) is 0 Å². The van der Waals surface area contributed by atoms with Crippen molar-refractivity contribution in [2.75, 3.05) is 0 Å². The Balaban J connectivity index is 1.17. The highest BCUT2D eigenvalue weighted by Gasteiger charge is 2.19. The molecule has 6 aromatic carbocycles. The number of aromatic nitrogens is 3. The van der Waals surface area contributed by atoms with Crippen molar-refractivity contribution in [1.82, 2.24) is 14.1 Å². The van der Waals surface area contributed by atoms with E-state index in [1.54, 1.807) is 0 Å². The number of hydrogen-bond donors (Lipinski definition) is 0. The number of hydrogen-bond acceptors (Lipinski definition) is 3. The van der Waals surface area contributed by atoms with Crippen molar-refractivity contribution < 1.29 is 0 Å². The van der Waals surface area contributed by atoms with E-state index in [1.165, 1.54) is 25.6 Å². The lowest BCUT2D eigenvalue weighted by Gasteiger charge is -2.12. The first-order chi connectivity index (χ1) is 23.3. The molecule has 0 bridgehead atoms. The lowest BCUT2D eigenvalue weighted by Crippen LogP contribution is -1.96. The van der Waals surface area contributed by atoms with Crippen LogP contribution in [0.1, 0.15) is 5.56 Å². The first kappa shape index (κ1) is 26.0. The molecule has 0 aliphatic rings. The van der Waals surface area contributed by atoms with Gasteiger partial charge in [0.15, 0.2) is 0 Å². The largest absolute Gasteiger partial charge is 0.309 e. The Hall–Kier alpha value is -6.22. The molecular formula is C42H24N4S. The van der Waals surface area contributed by atoms with Gasteiger partial charge in [-0.1, -0.05) is 60.7 Å². The number of fused-ring (bicyclic) bond motifs is 10. The van der Waals surface area contributed by atoms with Crippen LogP contribution < -0.4 is 0 Å². The van der Waals surface area contributed by atoms with Gasteiger partial charge in [0, 0.05) is 53.9 Å². The van der Waals surface area contributed by atoms with Gasteiger partial charge in [-0.3, -0.25) is 4.98 Å². The second-order valence-corrected chi connectivity index (χ2v) is 13.0. The van der Waals surface area contributed by atoms with Crippen LogP contribution in [-0.4, -0.2) is 14.1 Å². The molecule has 0 saturated carbocycles. The van der Waals surface area contributed by atoms with Crippen LogP contribution in [0.2, 0.25) is 0 Å². The van der Waals surface area contributed by atoms with Crippen molar-refractivity contribution in [3.63, 3.8) is 0 Å². The number of benzene rings is 6. The maximum absolute atomic E-state index is 9.58. The van der Waals surface area contributed by atoms with Crippen molar-refractivity contribution in [3.05, 3.63) is 151 Å². The molecule has 0 atom stereocenters. The van der Waals surface area contributed by atoms with Crippen LogP contribution in [0, 0.1) is 11.3 Å². The summed E-state index contributed by atoms with van der Waals surface area (Å²) < 4.78 is 7.23. The van der Waals surface area contributed by atoms with E-state index in [-0.39, 0.29) is 0 Å². The Morgan fingerprint density at radius 1 is 0.511 bits per heavy atom. The average molecular weight is 617 g/mol. The van der Waals surface area contributed by atoms with Crippen molar-refractivity contribution in [3.8, 4) is 28.6 Å². The van der Waals surface area contributed by atoms with Crippen LogP contribution in [0.4, 0.5) is 0 Å². The molecule has 4 heterocycles. The summed E-state index contributed by atoms with van der Waals surface area (Å²) in [6, 6.07) is 51.6. The molecule has 218 valence electrons. The maximum atomic E-state index is 9.58. The summed E-state index contributed by atoms with van der Waals surface area (Å²) in [4.78, 5) is 4.94. The molecule has 0 aliphatic carbocycles. The summed E-state index contributed by atoms with van der Waals surface area (Å²) in [6.07, 6.45) is 1.90. The molecule has 0 aliphatic heterocycles. The van der Waals surface area contributed by atoms with Crippen LogP contribution >= 0.6 is 11.3 Å². The quantitative estimate of drug-likeness (QED) is 0.198. The topological polar surface area (TPSA) is 46.5 Å². The molecule has 0 spiro atoms. The molecule has 0 unspecified atom stereocenters. The van der Waals surface area contributed by atoms with Gasteiger partial charge in [0.25, 0.3) is 0 Å². The minimum atomic E-state index is 0.666. The standard InChI is InChI=1S/C42H24N4S/c43-25-26-17-18-35-33(22-26)31-12-1-3-14-34(31)45(35)29-10-5-8-27(23-29)28-9-6-11-30(24-28)46-36-19-20-39-40(32-13-2-4-16-38(32)47-39)41(36)42-37(46)15-7-21-44-42/h1-24H. The van der Waals surface area contributed by atoms with E-state index in [9.17, 15) is 5.26 Å². The van der Waals surface area contributed by atoms with Gasteiger partial charge in [0.1, 0.15) is 0 Å². The third-order valence-corrected chi connectivity index (χ3v) is 10.5. The third-order valence-electron chi connectivity index (χ3n) is 9.37. The molecule has 0 radical (unpaired) electrons. The summed E-state index contributed by atoms with van der Waals surface area (Å²) in [6.45, 7) is 0. The molecule has 0 amide bonds. The molecule has 10 rings (SSSR count). The summed E-state index contributed by atoms with van der Waals surface area (Å²) >= 11 is 1.84. The molecule has 4 nitrogen and oxygen atoms in total. The van der Waals surface area contributed by atoms with Gasteiger partial charge >= 0.3 is 0 Å². The molecule has 4 aromatic heterocycles. The zero-order valence-corrected chi connectivity index (χ0v) is 25.9. The van der Waals surface area contributed by atoms with Crippen LogP contribution in [0.25, 0.3) is 86.4 Å². The van der Waals surface area contributed by atoms with Crippen molar-refractivity contribution >= 4 is 75.3 Å². The van der Waals surface area contributed by atoms with Crippen LogP contribution in [0.5, 0.6) is 0 Å². The maximum Gasteiger partial charge on any atom is 0.0991 e. The minimum Gasteiger partial charge on any atom is -0.309 e. The smallest absolute Gasteiger partial charge is 0.0991 e. The lowest BCUT2D eigenvalue weighted by molar-refractivity contribution is 1.17. The Bertz CT molecular complexity index is 2930. The number of para-hydroxylation sites is 1. The summed E-state index contributed by atoms with van der Waals surface area (Å²) in [5.41, 5.74) is 10.6. The zero-order valence-electron chi connectivity index (χ0n) is 25.1. The molecule has 0 saturated heterocycles. The molecule has 0 N–H and O–H groups in total. The number of pyridine rings is 1. The fourth-order valence-electron chi connectivity index (χ4n) is 7.38. The van der Waals surface area contributed by atoms with Gasteiger partial charge < -0.3 is 9.13 Å². The summed E-state index contributed by atoms with van der Waals surface area (Å²) in [7, 11) is 0. The predicted octanol–water partition coefficient (Wildman–Crippen LogP) is 11.2. The highest BCUT2D eigenvalue weighted by molar-refractivity contribution is 7.26. The number of thiophene rings is 1. The average Bonchev–Trinajstić information content (AvgIpc) is 3.79. The molecule has 47 heavy (non-hydrogen) atoms.